The number of nitriles is 1. The van der Waals surface area contributed by atoms with Gasteiger partial charge in [-0.05, 0) is 36.4 Å². The van der Waals surface area contributed by atoms with E-state index < -0.39 is 0 Å². The highest BCUT2D eigenvalue weighted by Gasteiger charge is 2.09. The summed E-state index contributed by atoms with van der Waals surface area (Å²) in [5.41, 5.74) is 3.69. The molecule has 2 N–H and O–H groups in total. The number of nitrogens with zero attached hydrogens (tertiary/aromatic N) is 2. The van der Waals surface area contributed by atoms with E-state index in [1.54, 1.807) is 18.3 Å². The lowest BCUT2D eigenvalue weighted by atomic mass is 10.2. The normalized spacial score (nSPS) is 10.9. The second-order valence-corrected chi connectivity index (χ2v) is 6.91. The number of halogens is 1. The van der Waals surface area contributed by atoms with Crippen LogP contribution in [0.5, 0.6) is 0 Å². The minimum Gasteiger partial charge on any atom is -0.360 e. The number of carbonyl (C=O) groups is 1. The van der Waals surface area contributed by atoms with Crippen molar-refractivity contribution in [1.29, 1.82) is 5.26 Å². The van der Waals surface area contributed by atoms with Crippen LogP contribution in [-0.4, -0.2) is 10.9 Å². The summed E-state index contributed by atoms with van der Waals surface area (Å²) in [6, 6.07) is 16.8. The molecule has 7 heteroatoms. The number of carbonyl (C=O) groups excluding carboxylic acids is 1. The van der Waals surface area contributed by atoms with Crippen LogP contribution in [0.3, 0.4) is 0 Å². The summed E-state index contributed by atoms with van der Waals surface area (Å²) in [6.45, 7) is 1.46. The van der Waals surface area contributed by atoms with Gasteiger partial charge in [-0.2, -0.15) is 5.26 Å². The molecule has 0 atom stereocenters. The number of aromatic nitrogens is 1. The Balaban J connectivity index is 1.74. The molecular formula is C20H15ClN4OS. The zero-order chi connectivity index (χ0) is 19.2. The molecule has 0 aliphatic rings. The van der Waals surface area contributed by atoms with E-state index in [-0.39, 0.29) is 5.91 Å². The summed E-state index contributed by atoms with van der Waals surface area (Å²) in [4.78, 5) is 15.6. The van der Waals surface area contributed by atoms with Crippen molar-refractivity contribution >= 4 is 45.8 Å². The number of rotatable bonds is 5. The van der Waals surface area contributed by atoms with Crippen LogP contribution >= 0.6 is 22.9 Å². The number of thiazole rings is 1. The van der Waals surface area contributed by atoms with E-state index in [9.17, 15) is 10.1 Å². The molecule has 0 saturated carbocycles. The number of allylic oxidation sites excluding steroid dienone is 1. The predicted octanol–water partition coefficient (Wildman–Crippen LogP) is 5.40. The van der Waals surface area contributed by atoms with E-state index in [1.807, 2.05) is 41.8 Å². The van der Waals surface area contributed by atoms with Crippen molar-refractivity contribution in [2.75, 3.05) is 10.6 Å². The Morgan fingerprint density at radius 2 is 1.81 bits per heavy atom. The van der Waals surface area contributed by atoms with Crippen LogP contribution in [0.25, 0.3) is 16.8 Å². The van der Waals surface area contributed by atoms with Gasteiger partial charge in [-0.25, -0.2) is 4.98 Å². The number of hydrogen-bond acceptors (Lipinski definition) is 5. The van der Waals surface area contributed by atoms with Gasteiger partial charge in [0.2, 0.25) is 5.91 Å². The van der Waals surface area contributed by atoms with E-state index in [2.05, 4.69) is 21.7 Å². The lowest BCUT2D eigenvalue weighted by Crippen LogP contribution is -2.05. The van der Waals surface area contributed by atoms with Crippen molar-refractivity contribution in [1.82, 2.24) is 4.98 Å². The fourth-order valence-corrected chi connectivity index (χ4v) is 3.22. The number of nitrogens with one attached hydrogen (secondary N) is 2. The topological polar surface area (TPSA) is 77.8 Å². The van der Waals surface area contributed by atoms with Crippen molar-refractivity contribution in [2.24, 2.45) is 0 Å². The molecule has 1 amide bonds. The first-order valence-corrected chi connectivity index (χ1v) is 9.27. The third-order valence-corrected chi connectivity index (χ3v) is 4.71. The third-order valence-electron chi connectivity index (χ3n) is 3.58. The molecule has 2 aromatic carbocycles. The average molecular weight is 395 g/mol. The van der Waals surface area contributed by atoms with E-state index >= 15 is 0 Å². The van der Waals surface area contributed by atoms with Gasteiger partial charge in [-0.3, -0.25) is 4.79 Å². The molecular weight excluding hydrogens is 380 g/mol. The van der Waals surface area contributed by atoms with Crippen LogP contribution in [0.4, 0.5) is 11.4 Å². The predicted molar refractivity (Wildman–Crippen MR) is 111 cm³/mol. The first-order valence-electron chi connectivity index (χ1n) is 8.01. The zero-order valence-corrected chi connectivity index (χ0v) is 15.9. The smallest absolute Gasteiger partial charge is 0.221 e. The van der Waals surface area contributed by atoms with Crippen molar-refractivity contribution in [3.05, 3.63) is 70.1 Å². The SMILES string of the molecule is CC(=O)Nc1ccc(NC=C(C#N)c2nc(-c3ccc(Cl)cc3)cs2)cc1. The van der Waals surface area contributed by atoms with E-state index in [1.165, 1.54) is 18.3 Å². The first-order chi connectivity index (χ1) is 13.0. The van der Waals surface area contributed by atoms with Crippen molar-refractivity contribution in [3.63, 3.8) is 0 Å². The quantitative estimate of drug-likeness (QED) is 0.568. The van der Waals surface area contributed by atoms with Crippen LogP contribution in [0.2, 0.25) is 5.02 Å². The number of benzene rings is 2. The molecule has 0 radical (unpaired) electrons. The summed E-state index contributed by atoms with van der Waals surface area (Å²) < 4.78 is 0. The Hall–Kier alpha value is -3.14. The van der Waals surface area contributed by atoms with Gasteiger partial charge < -0.3 is 10.6 Å². The molecule has 0 unspecified atom stereocenters. The highest BCUT2D eigenvalue weighted by molar-refractivity contribution is 7.11. The van der Waals surface area contributed by atoms with Crippen molar-refractivity contribution < 1.29 is 4.79 Å². The third kappa shape index (κ3) is 4.94. The summed E-state index contributed by atoms with van der Waals surface area (Å²) >= 11 is 7.32. The largest absolute Gasteiger partial charge is 0.360 e. The maximum absolute atomic E-state index is 11.0. The summed E-state index contributed by atoms with van der Waals surface area (Å²) in [5, 5.41) is 18.5. The van der Waals surface area contributed by atoms with Crippen molar-refractivity contribution in [3.8, 4) is 17.3 Å². The van der Waals surface area contributed by atoms with Gasteiger partial charge in [-0.1, -0.05) is 23.7 Å². The average Bonchev–Trinajstić information content (AvgIpc) is 3.14. The number of anilines is 2. The molecule has 3 rings (SSSR count). The molecule has 0 bridgehead atoms. The molecule has 134 valence electrons. The number of hydrogen-bond donors (Lipinski definition) is 2. The minimum absolute atomic E-state index is 0.123. The molecule has 0 spiro atoms. The molecule has 0 fully saturated rings. The molecule has 5 nitrogen and oxygen atoms in total. The lowest BCUT2D eigenvalue weighted by Gasteiger charge is -2.04. The fourth-order valence-electron chi connectivity index (χ4n) is 2.30. The molecule has 0 aliphatic carbocycles. The molecule has 0 aliphatic heterocycles. The Labute approximate surface area is 165 Å². The number of amides is 1. The van der Waals surface area contributed by atoms with Crippen LogP contribution in [0.15, 0.2) is 60.1 Å². The Kier molecular flexibility index (Phi) is 5.87. The van der Waals surface area contributed by atoms with Gasteiger partial charge in [0.25, 0.3) is 0 Å². The minimum atomic E-state index is -0.123. The lowest BCUT2D eigenvalue weighted by molar-refractivity contribution is -0.114. The van der Waals surface area contributed by atoms with Crippen LogP contribution < -0.4 is 10.6 Å². The fraction of sp³-hybridized carbons (Fsp3) is 0.0500. The Morgan fingerprint density at radius 3 is 2.44 bits per heavy atom. The van der Waals surface area contributed by atoms with E-state index in [0.29, 0.717) is 21.3 Å². The maximum atomic E-state index is 11.0. The molecule has 3 aromatic rings. The van der Waals surface area contributed by atoms with Crippen LogP contribution in [0.1, 0.15) is 11.9 Å². The highest BCUT2D eigenvalue weighted by Crippen LogP contribution is 2.27. The second-order valence-electron chi connectivity index (χ2n) is 5.62. The monoisotopic (exact) mass is 394 g/mol. The van der Waals surface area contributed by atoms with Gasteiger partial charge in [0.1, 0.15) is 16.6 Å². The molecule has 0 saturated heterocycles. The van der Waals surface area contributed by atoms with Gasteiger partial charge in [0.15, 0.2) is 0 Å². The summed E-state index contributed by atoms with van der Waals surface area (Å²) in [7, 11) is 0. The molecule has 1 aromatic heterocycles. The Morgan fingerprint density at radius 1 is 1.15 bits per heavy atom. The molecule has 1 heterocycles. The van der Waals surface area contributed by atoms with Crippen molar-refractivity contribution in [2.45, 2.75) is 6.92 Å². The summed E-state index contributed by atoms with van der Waals surface area (Å²) in [5.74, 6) is -0.123. The highest BCUT2D eigenvalue weighted by atomic mass is 35.5. The molecule has 27 heavy (non-hydrogen) atoms. The Bertz CT molecular complexity index is 1020. The zero-order valence-electron chi connectivity index (χ0n) is 14.4. The van der Waals surface area contributed by atoms with Gasteiger partial charge >= 0.3 is 0 Å². The van der Waals surface area contributed by atoms with Crippen LogP contribution in [-0.2, 0) is 4.79 Å². The second kappa shape index (κ2) is 8.49. The maximum Gasteiger partial charge on any atom is 0.221 e. The van der Waals surface area contributed by atoms with Crippen LogP contribution in [0, 0.1) is 11.3 Å². The van der Waals surface area contributed by atoms with E-state index in [4.69, 9.17) is 11.6 Å². The first kappa shape index (κ1) is 18.6. The van der Waals surface area contributed by atoms with E-state index in [0.717, 1.165) is 16.9 Å². The standard InChI is InChI=1S/C20H15ClN4OS/c1-13(26)24-18-8-6-17(7-9-18)23-11-15(10-22)20-25-19(12-27-20)14-2-4-16(21)5-3-14/h2-9,11-12,23H,1H3,(H,24,26). The van der Waals surface area contributed by atoms with Gasteiger partial charge in [0.05, 0.1) is 5.69 Å². The van der Waals surface area contributed by atoms with Gasteiger partial charge in [-0.15, -0.1) is 11.3 Å². The van der Waals surface area contributed by atoms with Gasteiger partial charge in [0, 0.05) is 40.5 Å². The summed E-state index contributed by atoms with van der Waals surface area (Å²) in [6.07, 6.45) is 1.62.